The fraction of sp³-hybridized carbons (Fsp3) is 0.417. The zero-order valence-electron chi connectivity index (χ0n) is 17.6. The van der Waals surface area contributed by atoms with Crippen molar-refractivity contribution in [3.8, 4) is 0 Å². The van der Waals surface area contributed by atoms with Crippen LogP contribution in [0.3, 0.4) is 0 Å². The van der Waals surface area contributed by atoms with Gasteiger partial charge in [-0.2, -0.15) is 11.8 Å². The van der Waals surface area contributed by atoms with Gasteiger partial charge in [-0.3, -0.25) is 9.59 Å². The molecule has 2 aromatic carbocycles. The van der Waals surface area contributed by atoms with Crippen LogP contribution in [0.1, 0.15) is 44.7 Å². The van der Waals surface area contributed by atoms with Crippen molar-refractivity contribution in [1.29, 1.82) is 0 Å². The average Bonchev–Trinajstić information content (AvgIpc) is 2.75. The highest BCUT2D eigenvalue weighted by atomic mass is 32.2. The summed E-state index contributed by atoms with van der Waals surface area (Å²) < 4.78 is 0. The number of nitrogens with one attached hydrogen (secondary N) is 1. The first-order chi connectivity index (χ1) is 14.0. The number of hydrogen-bond donors (Lipinski definition) is 1. The molecule has 0 unspecified atom stereocenters. The van der Waals surface area contributed by atoms with Gasteiger partial charge >= 0.3 is 0 Å². The molecule has 0 spiro atoms. The molecule has 4 nitrogen and oxygen atoms in total. The van der Waals surface area contributed by atoms with E-state index < -0.39 is 6.04 Å². The Morgan fingerprint density at radius 1 is 0.966 bits per heavy atom. The second-order valence-corrected chi connectivity index (χ2v) is 8.39. The summed E-state index contributed by atoms with van der Waals surface area (Å²) >= 11 is 1.74. The molecule has 0 fully saturated rings. The van der Waals surface area contributed by atoms with E-state index >= 15 is 0 Å². The third-order valence-corrected chi connectivity index (χ3v) is 5.97. The predicted octanol–water partition coefficient (Wildman–Crippen LogP) is 4.64. The van der Waals surface area contributed by atoms with Crippen molar-refractivity contribution >= 4 is 23.6 Å². The van der Waals surface area contributed by atoms with Crippen molar-refractivity contribution < 1.29 is 9.59 Å². The number of amides is 2. The molecule has 2 amide bonds. The highest BCUT2D eigenvalue weighted by Crippen LogP contribution is 2.16. The summed E-state index contributed by atoms with van der Waals surface area (Å²) in [6.07, 6.45) is 1.28. The molecule has 156 valence electrons. The molecule has 2 atom stereocenters. The van der Waals surface area contributed by atoms with Gasteiger partial charge in [-0.15, -0.1) is 0 Å². The second kappa shape index (κ2) is 12.3. The van der Waals surface area contributed by atoms with Crippen LogP contribution in [-0.2, 0) is 21.9 Å². The van der Waals surface area contributed by atoms with Crippen molar-refractivity contribution in [2.75, 3.05) is 5.75 Å². The SMILES string of the molecule is CC[C@@H](C)NC(=O)[C@H](C)N(Cc1ccccc1)C(=O)CCSCc1ccccc1. The molecule has 0 heterocycles. The largest absolute Gasteiger partial charge is 0.352 e. The number of benzene rings is 2. The minimum atomic E-state index is -0.504. The number of hydrogen-bond acceptors (Lipinski definition) is 3. The van der Waals surface area contributed by atoms with Gasteiger partial charge in [0.15, 0.2) is 0 Å². The Kier molecular flexibility index (Phi) is 9.78. The van der Waals surface area contributed by atoms with Crippen LogP contribution in [0.2, 0.25) is 0 Å². The lowest BCUT2D eigenvalue weighted by atomic mass is 10.1. The molecule has 0 aliphatic carbocycles. The Morgan fingerprint density at radius 2 is 1.55 bits per heavy atom. The van der Waals surface area contributed by atoms with Gasteiger partial charge in [0.2, 0.25) is 11.8 Å². The zero-order valence-corrected chi connectivity index (χ0v) is 18.5. The number of thioether (sulfide) groups is 1. The van der Waals surface area contributed by atoms with Crippen LogP contribution in [0.25, 0.3) is 0 Å². The maximum absolute atomic E-state index is 13.0. The molecular weight excluding hydrogens is 380 g/mol. The summed E-state index contributed by atoms with van der Waals surface area (Å²) in [6.45, 7) is 6.27. The van der Waals surface area contributed by atoms with E-state index in [2.05, 4.69) is 17.4 Å². The van der Waals surface area contributed by atoms with Crippen LogP contribution in [0.5, 0.6) is 0 Å². The Balaban J connectivity index is 1.97. The van der Waals surface area contributed by atoms with Crippen molar-refractivity contribution in [3.05, 3.63) is 71.8 Å². The molecule has 1 N–H and O–H groups in total. The van der Waals surface area contributed by atoms with Gasteiger partial charge in [0, 0.05) is 30.5 Å². The average molecular weight is 413 g/mol. The van der Waals surface area contributed by atoms with Gasteiger partial charge in [0.1, 0.15) is 6.04 Å². The second-order valence-electron chi connectivity index (χ2n) is 7.29. The van der Waals surface area contributed by atoms with Crippen LogP contribution in [0.4, 0.5) is 0 Å². The topological polar surface area (TPSA) is 49.4 Å². The number of nitrogens with zero attached hydrogens (tertiary/aromatic N) is 1. The summed E-state index contributed by atoms with van der Waals surface area (Å²) in [6, 6.07) is 19.7. The van der Waals surface area contributed by atoms with Gasteiger partial charge in [-0.1, -0.05) is 67.6 Å². The molecule has 5 heteroatoms. The molecule has 0 saturated carbocycles. The van der Waals surface area contributed by atoms with Gasteiger partial charge in [0.25, 0.3) is 0 Å². The molecule has 29 heavy (non-hydrogen) atoms. The van der Waals surface area contributed by atoms with Crippen molar-refractivity contribution in [2.24, 2.45) is 0 Å². The summed E-state index contributed by atoms with van der Waals surface area (Å²) in [5.74, 6) is 1.54. The molecule has 2 rings (SSSR count). The van der Waals surface area contributed by atoms with E-state index in [1.807, 2.05) is 69.3 Å². The van der Waals surface area contributed by atoms with Crippen LogP contribution >= 0.6 is 11.8 Å². The van der Waals surface area contributed by atoms with Crippen LogP contribution in [0, 0.1) is 0 Å². The molecular formula is C24H32N2O2S. The fourth-order valence-corrected chi connectivity index (χ4v) is 3.79. The first-order valence-corrected chi connectivity index (χ1v) is 11.4. The summed E-state index contributed by atoms with van der Waals surface area (Å²) in [4.78, 5) is 27.4. The lowest BCUT2D eigenvalue weighted by molar-refractivity contribution is -0.140. The monoisotopic (exact) mass is 412 g/mol. The van der Waals surface area contributed by atoms with Gasteiger partial charge < -0.3 is 10.2 Å². The Bertz CT molecular complexity index is 752. The third kappa shape index (κ3) is 7.94. The fourth-order valence-electron chi connectivity index (χ4n) is 2.90. The molecule has 0 radical (unpaired) electrons. The van der Waals surface area contributed by atoms with E-state index in [1.165, 1.54) is 5.56 Å². The van der Waals surface area contributed by atoms with E-state index in [9.17, 15) is 9.59 Å². The molecule has 2 aromatic rings. The number of rotatable bonds is 11. The summed E-state index contributed by atoms with van der Waals surface area (Å²) in [5, 5.41) is 3.00. The van der Waals surface area contributed by atoms with E-state index in [4.69, 9.17) is 0 Å². The van der Waals surface area contributed by atoms with E-state index in [1.54, 1.807) is 16.7 Å². The lowest BCUT2D eigenvalue weighted by Gasteiger charge is -2.29. The van der Waals surface area contributed by atoms with Crippen molar-refractivity contribution in [2.45, 2.75) is 58.0 Å². The number of carbonyl (C=O) groups is 2. The molecule has 0 aliphatic heterocycles. The van der Waals surface area contributed by atoms with E-state index in [0.29, 0.717) is 13.0 Å². The lowest BCUT2D eigenvalue weighted by Crippen LogP contribution is -2.49. The molecule has 0 aliphatic rings. The molecule has 0 saturated heterocycles. The summed E-state index contributed by atoms with van der Waals surface area (Å²) in [5.41, 5.74) is 2.29. The molecule has 0 bridgehead atoms. The minimum Gasteiger partial charge on any atom is -0.352 e. The first-order valence-electron chi connectivity index (χ1n) is 10.3. The van der Waals surface area contributed by atoms with Gasteiger partial charge in [-0.05, 0) is 31.4 Å². The van der Waals surface area contributed by atoms with Crippen LogP contribution in [0.15, 0.2) is 60.7 Å². The maximum atomic E-state index is 13.0. The first kappa shape index (κ1) is 23.0. The Morgan fingerprint density at radius 3 is 2.14 bits per heavy atom. The van der Waals surface area contributed by atoms with Crippen LogP contribution < -0.4 is 5.32 Å². The van der Waals surface area contributed by atoms with Crippen molar-refractivity contribution in [1.82, 2.24) is 10.2 Å². The highest BCUT2D eigenvalue weighted by molar-refractivity contribution is 7.98. The van der Waals surface area contributed by atoms with E-state index in [0.717, 1.165) is 23.5 Å². The smallest absolute Gasteiger partial charge is 0.242 e. The third-order valence-electron chi connectivity index (χ3n) is 4.94. The van der Waals surface area contributed by atoms with E-state index in [-0.39, 0.29) is 17.9 Å². The highest BCUT2D eigenvalue weighted by Gasteiger charge is 2.26. The quantitative estimate of drug-likeness (QED) is 0.547. The predicted molar refractivity (Wildman–Crippen MR) is 122 cm³/mol. The van der Waals surface area contributed by atoms with Crippen molar-refractivity contribution in [3.63, 3.8) is 0 Å². The van der Waals surface area contributed by atoms with Gasteiger partial charge in [0.05, 0.1) is 0 Å². The zero-order chi connectivity index (χ0) is 21.1. The summed E-state index contributed by atoms with van der Waals surface area (Å²) in [7, 11) is 0. The maximum Gasteiger partial charge on any atom is 0.242 e. The molecule has 0 aromatic heterocycles. The standard InChI is InChI=1S/C24H32N2O2S/c1-4-19(2)25-24(28)20(3)26(17-21-11-7-5-8-12-21)23(27)15-16-29-18-22-13-9-6-10-14-22/h5-14,19-20H,4,15-18H2,1-3H3,(H,25,28)/t19-,20+/m1/s1. The van der Waals surface area contributed by atoms with Gasteiger partial charge in [-0.25, -0.2) is 0 Å². The number of carbonyl (C=O) groups excluding carboxylic acids is 2. The Hall–Kier alpha value is -2.27. The Labute approximate surface area is 179 Å². The minimum absolute atomic E-state index is 0.0150. The normalized spacial score (nSPS) is 12.8. The van der Waals surface area contributed by atoms with Crippen LogP contribution in [-0.4, -0.2) is 34.6 Å².